The molecule has 2 aromatic heterocycles. The monoisotopic (exact) mass is 505 g/mol. The minimum absolute atomic E-state index is 0.213. The van der Waals surface area contributed by atoms with E-state index in [1.54, 1.807) is 6.07 Å². The highest BCUT2D eigenvalue weighted by Gasteiger charge is 2.38. The molecule has 1 N–H and O–H groups in total. The lowest BCUT2D eigenvalue weighted by atomic mass is 9.94. The van der Waals surface area contributed by atoms with Crippen LogP contribution in [-0.4, -0.2) is 19.6 Å². The van der Waals surface area contributed by atoms with Crippen molar-refractivity contribution in [1.82, 2.24) is 14.5 Å². The van der Waals surface area contributed by atoms with E-state index in [9.17, 15) is 5.11 Å². The largest absolute Gasteiger partial charge is 0.507 e. The highest BCUT2D eigenvalue weighted by Crippen LogP contribution is 2.52. The summed E-state index contributed by atoms with van der Waals surface area (Å²) in [5, 5.41) is 10.8. The maximum absolute atomic E-state index is 10.8. The second-order valence-electron chi connectivity index (χ2n) is 10.8. The van der Waals surface area contributed by atoms with Crippen molar-refractivity contribution >= 4 is 11.0 Å². The van der Waals surface area contributed by atoms with Crippen molar-refractivity contribution < 1.29 is 5.11 Å². The maximum atomic E-state index is 10.8. The van der Waals surface area contributed by atoms with E-state index < -0.39 is 0 Å². The summed E-state index contributed by atoms with van der Waals surface area (Å²) in [5.74, 6) is 2.28. The zero-order valence-corrected chi connectivity index (χ0v) is 21.5. The van der Waals surface area contributed by atoms with Crippen LogP contribution in [0, 0.1) is 0 Å². The number of phenols is 1. The Hall–Kier alpha value is -4.70. The van der Waals surface area contributed by atoms with Gasteiger partial charge in [-0.3, -0.25) is 9.55 Å². The lowest BCUT2D eigenvalue weighted by molar-refractivity contribution is 0.477. The molecule has 0 spiro atoms. The van der Waals surface area contributed by atoms with Crippen molar-refractivity contribution in [2.45, 2.75) is 31.1 Å². The first-order chi connectivity index (χ1) is 19.2. The van der Waals surface area contributed by atoms with Gasteiger partial charge in [-0.15, -0.1) is 0 Å². The Labute approximate surface area is 227 Å². The van der Waals surface area contributed by atoms with E-state index in [0.29, 0.717) is 23.2 Å². The van der Waals surface area contributed by atoms with Crippen LogP contribution in [0.15, 0.2) is 109 Å². The van der Waals surface area contributed by atoms with E-state index in [1.807, 2.05) is 36.4 Å². The predicted octanol–water partition coefficient (Wildman–Crippen LogP) is 8.49. The van der Waals surface area contributed by atoms with Crippen molar-refractivity contribution in [2.75, 3.05) is 0 Å². The Kier molecular flexibility index (Phi) is 4.96. The SMILES string of the molecule is Oc1ccccc1-c1nc2c(-c3cccc(-c4ccc5c(n4)C4CCC5C4)c3)cccc2n1-c1ccccc1. The van der Waals surface area contributed by atoms with Gasteiger partial charge >= 0.3 is 0 Å². The van der Waals surface area contributed by atoms with E-state index in [4.69, 9.17) is 9.97 Å². The zero-order valence-electron chi connectivity index (χ0n) is 21.5. The lowest BCUT2D eigenvalue weighted by Gasteiger charge is -2.15. The standard InChI is InChI=1S/C35H27N3O/c39-32-15-5-4-12-29(32)35-37-34-27(13-7-14-31(34)38(35)26-10-2-1-3-11-26)22-8-6-9-24(20-22)30-19-18-28-23-16-17-25(21-23)33(28)36-30/h1-15,18-20,23,25,39H,16-17,21H2. The number of phenolic OH excluding ortho intramolecular Hbond substituents is 1. The minimum atomic E-state index is 0.213. The Bertz CT molecular complexity index is 1870. The van der Waals surface area contributed by atoms with E-state index in [2.05, 4.69) is 71.3 Å². The molecule has 0 aliphatic heterocycles. The third kappa shape index (κ3) is 3.52. The van der Waals surface area contributed by atoms with Crippen LogP contribution in [0.5, 0.6) is 5.75 Å². The normalized spacial score (nSPS) is 17.5. The number of aromatic hydroxyl groups is 1. The molecule has 6 aromatic rings. The van der Waals surface area contributed by atoms with Crippen molar-refractivity contribution in [3.63, 3.8) is 0 Å². The molecule has 1 saturated carbocycles. The smallest absolute Gasteiger partial charge is 0.149 e. The van der Waals surface area contributed by atoms with Crippen LogP contribution < -0.4 is 0 Å². The fourth-order valence-corrected chi connectivity index (χ4v) is 6.69. The average molecular weight is 506 g/mol. The fourth-order valence-electron chi connectivity index (χ4n) is 6.69. The Morgan fingerprint density at radius 3 is 2.33 bits per heavy atom. The van der Waals surface area contributed by atoms with Gasteiger partial charge in [-0.25, -0.2) is 4.98 Å². The van der Waals surface area contributed by atoms with Gasteiger partial charge in [-0.2, -0.15) is 0 Å². The maximum Gasteiger partial charge on any atom is 0.149 e. The number of fused-ring (bicyclic) bond motifs is 6. The molecule has 4 heteroatoms. The molecule has 2 aliphatic carbocycles. The number of rotatable bonds is 4. The summed E-state index contributed by atoms with van der Waals surface area (Å²) in [6.07, 6.45) is 3.87. The Morgan fingerprint density at radius 2 is 1.44 bits per heavy atom. The minimum Gasteiger partial charge on any atom is -0.507 e. The molecule has 4 nitrogen and oxygen atoms in total. The van der Waals surface area contributed by atoms with Gasteiger partial charge in [-0.05, 0) is 78.8 Å². The second kappa shape index (κ2) is 8.67. The topological polar surface area (TPSA) is 50.9 Å². The van der Waals surface area contributed by atoms with Crippen molar-refractivity contribution in [3.05, 3.63) is 120 Å². The number of hydrogen-bond donors (Lipinski definition) is 1. The van der Waals surface area contributed by atoms with Crippen LogP contribution in [0.3, 0.4) is 0 Å². The number of hydrogen-bond acceptors (Lipinski definition) is 3. The number of nitrogens with zero attached hydrogens (tertiary/aromatic N) is 3. The molecular weight excluding hydrogens is 478 g/mol. The highest BCUT2D eigenvalue weighted by molar-refractivity contribution is 5.96. The van der Waals surface area contributed by atoms with Gasteiger partial charge in [0.25, 0.3) is 0 Å². The number of benzene rings is 4. The van der Waals surface area contributed by atoms with Crippen LogP contribution in [0.2, 0.25) is 0 Å². The van der Waals surface area contributed by atoms with Crippen LogP contribution in [0.25, 0.3) is 50.5 Å². The molecule has 188 valence electrons. The van der Waals surface area contributed by atoms with Gasteiger partial charge in [0.2, 0.25) is 0 Å². The predicted molar refractivity (Wildman–Crippen MR) is 156 cm³/mol. The number of imidazole rings is 1. The van der Waals surface area contributed by atoms with Crippen LogP contribution in [0.1, 0.15) is 42.4 Å². The number of para-hydroxylation sites is 3. The number of aromatic nitrogens is 3. The molecule has 2 atom stereocenters. The molecule has 39 heavy (non-hydrogen) atoms. The molecule has 2 bridgehead atoms. The molecule has 8 rings (SSSR count). The summed E-state index contributed by atoms with van der Waals surface area (Å²) < 4.78 is 2.13. The molecule has 2 unspecified atom stereocenters. The third-order valence-corrected chi connectivity index (χ3v) is 8.53. The molecule has 0 radical (unpaired) electrons. The van der Waals surface area contributed by atoms with Crippen molar-refractivity contribution in [1.29, 1.82) is 0 Å². The van der Waals surface area contributed by atoms with Crippen molar-refractivity contribution in [2.24, 2.45) is 0 Å². The molecule has 2 aliphatic rings. The van der Waals surface area contributed by atoms with E-state index >= 15 is 0 Å². The molecule has 0 amide bonds. The highest BCUT2D eigenvalue weighted by atomic mass is 16.3. The van der Waals surface area contributed by atoms with E-state index in [0.717, 1.165) is 39.1 Å². The van der Waals surface area contributed by atoms with Gasteiger partial charge in [0.1, 0.15) is 11.6 Å². The Morgan fingerprint density at radius 1 is 0.667 bits per heavy atom. The third-order valence-electron chi connectivity index (χ3n) is 8.53. The Balaban J connectivity index is 1.30. The second-order valence-corrected chi connectivity index (χ2v) is 10.8. The summed E-state index contributed by atoms with van der Waals surface area (Å²) >= 11 is 0. The molecule has 4 aromatic carbocycles. The van der Waals surface area contributed by atoms with Crippen LogP contribution in [0.4, 0.5) is 0 Å². The quantitative estimate of drug-likeness (QED) is 0.261. The van der Waals surface area contributed by atoms with E-state index in [-0.39, 0.29) is 5.75 Å². The van der Waals surface area contributed by atoms with Gasteiger partial charge in [0, 0.05) is 28.4 Å². The first-order valence-electron chi connectivity index (χ1n) is 13.7. The molecular formula is C35H27N3O. The molecule has 0 saturated heterocycles. The summed E-state index contributed by atoms with van der Waals surface area (Å²) in [6.45, 7) is 0. The van der Waals surface area contributed by atoms with Gasteiger partial charge in [-0.1, -0.05) is 66.7 Å². The number of pyridine rings is 1. The average Bonchev–Trinajstić information content (AvgIpc) is 3.72. The fraction of sp³-hybridized carbons (Fsp3) is 0.143. The lowest BCUT2D eigenvalue weighted by Crippen LogP contribution is -2.01. The van der Waals surface area contributed by atoms with E-state index in [1.165, 1.54) is 30.5 Å². The van der Waals surface area contributed by atoms with Crippen LogP contribution in [-0.2, 0) is 0 Å². The first-order valence-corrected chi connectivity index (χ1v) is 13.7. The molecule has 1 fully saturated rings. The summed E-state index contributed by atoms with van der Waals surface area (Å²) in [4.78, 5) is 10.3. The van der Waals surface area contributed by atoms with Gasteiger partial charge in [0.05, 0.1) is 22.3 Å². The summed E-state index contributed by atoms with van der Waals surface area (Å²) in [7, 11) is 0. The zero-order chi connectivity index (χ0) is 25.9. The first kappa shape index (κ1) is 22.3. The van der Waals surface area contributed by atoms with Crippen LogP contribution >= 0.6 is 0 Å². The summed E-state index contributed by atoms with van der Waals surface area (Å²) in [6, 6.07) is 37.1. The van der Waals surface area contributed by atoms with Gasteiger partial charge < -0.3 is 5.11 Å². The molecule has 2 heterocycles. The van der Waals surface area contributed by atoms with Crippen molar-refractivity contribution in [3.8, 4) is 45.2 Å². The summed E-state index contributed by atoms with van der Waals surface area (Å²) in [5.41, 5.74) is 10.7. The van der Waals surface area contributed by atoms with Gasteiger partial charge in [0.15, 0.2) is 0 Å².